The Hall–Kier alpha value is 0.220. The van der Waals surface area contributed by atoms with E-state index in [9.17, 15) is 8.78 Å². The van der Waals surface area contributed by atoms with Crippen molar-refractivity contribution in [1.82, 2.24) is 4.98 Å². The van der Waals surface area contributed by atoms with E-state index in [0.29, 0.717) is 8.90 Å². The molecule has 1 heterocycles. The summed E-state index contributed by atoms with van der Waals surface area (Å²) in [6.07, 6.45) is -1.21. The molecule has 0 aromatic carbocycles. The van der Waals surface area contributed by atoms with Crippen LogP contribution in [0, 0.1) is 3.57 Å². The van der Waals surface area contributed by atoms with Crippen molar-refractivity contribution in [2.45, 2.75) is 11.8 Å². The average molecular weight is 348 g/mol. The standard InChI is InChI=1S/C7H5BrF2IN/c8-2-4-1-6(11)5(3-12-4)7(9)10/h1,3,7H,2H2. The maximum absolute atomic E-state index is 12.2. The molecule has 0 saturated heterocycles. The van der Waals surface area contributed by atoms with E-state index in [1.54, 1.807) is 6.07 Å². The molecule has 1 rings (SSSR count). The highest BCUT2D eigenvalue weighted by Gasteiger charge is 2.11. The predicted molar refractivity (Wildman–Crippen MR) is 54.5 cm³/mol. The maximum atomic E-state index is 12.2. The molecular weight excluding hydrogens is 343 g/mol. The third-order valence-electron chi connectivity index (χ3n) is 1.31. The predicted octanol–water partition coefficient (Wildman–Crippen LogP) is 3.52. The lowest BCUT2D eigenvalue weighted by Gasteiger charge is -2.03. The zero-order chi connectivity index (χ0) is 9.14. The summed E-state index contributed by atoms with van der Waals surface area (Å²) in [6, 6.07) is 1.65. The highest BCUT2D eigenvalue weighted by molar-refractivity contribution is 14.1. The summed E-state index contributed by atoms with van der Waals surface area (Å²) in [7, 11) is 0. The molecule has 12 heavy (non-hydrogen) atoms. The van der Waals surface area contributed by atoms with E-state index >= 15 is 0 Å². The highest BCUT2D eigenvalue weighted by Crippen LogP contribution is 2.24. The van der Waals surface area contributed by atoms with Gasteiger partial charge in [0.1, 0.15) is 0 Å². The summed E-state index contributed by atoms with van der Waals surface area (Å²) < 4.78 is 25.0. The van der Waals surface area contributed by atoms with Crippen molar-refractivity contribution in [2.75, 3.05) is 0 Å². The van der Waals surface area contributed by atoms with Gasteiger partial charge in [-0.25, -0.2) is 8.78 Å². The van der Waals surface area contributed by atoms with Crippen LogP contribution in [0.2, 0.25) is 0 Å². The smallest absolute Gasteiger partial charge is 0.260 e. The molecule has 0 radical (unpaired) electrons. The van der Waals surface area contributed by atoms with Crippen LogP contribution in [0.5, 0.6) is 0 Å². The monoisotopic (exact) mass is 347 g/mol. The number of hydrogen-bond acceptors (Lipinski definition) is 1. The van der Waals surface area contributed by atoms with Crippen molar-refractivity contribution in [3.05, 3.63) is 27.1 Å². The highest BCUT2D eigenvalue weighted by atomic mass is 127. The van der Waals surface area contributed by atoms with Gasteiger partial charge in [0, 0.05) is 20.7 Å². The Morgan fingerprint density at radius 2 is 2.25 bits per heavy atom. The van der Waals surface area contributed by atoms with Gasteiger partial charge in [-0.1, -0.05) is 15.9 Å². The fourth-order valence-corrected chi connectivity index (χ4v) is 1.76. The van der Waals surface area contributed by atoms with Crippen LogP contribution < -0.4 is 0 Å². The van der Waals surface area contributed by atoms with Crippen molar-refractivity contribution in [2.24, 2.45) is 0 Å². The van der Waals surface area contributed by atoms with Crippen LogP contribution in [-0.4, -0.2) is 4.98 Å². The zero-order valence-electron chi connectivity index (χ0n) is 5.90. The van der Waals surface area contributed by atoms with Crippen molar-refractivity contribution >= 4 is 38.5 Å². The number of hydrogen-bond donors (Lipinski definition) is 0. The Labute approximate surface area is 90.8 Å². The number of rotatable bonds is 2. The lowest BCUT2D eigenvalue weighted by Crippen LogP contribution is -1.94. The van der Waals surface area contributed by atoms with Crippen LogP contribution in [0.1, 0.15) is 17.7 Å². The van der Waals surface area contributed by atoms with Crippen LogP contribution in [0.3, 0.4) is 0 Å². The quantitative estimate of drug-likeness (QED) is 0.589. The molecule has 0 saturated carbocycles. The lowest BCUT2D eigenvalue weighted by atomic mass is 10.3. The Kier molecular flexibility index (Phi) is 3.82. The third-order valence-corrected chi connectivity index (χ3v) is 2.82. The molecular formula is C7H5BrF2IN. The summed E-state index contributed by atoms with van der Waals surface area (Å²) in [5.74, 6) is 0. The van der Waals surface area contributed by atoms with Crippen molar-refractivity contribution in [1.29, 1.82) is 0 Å². The molecule has 0 aliphatic heterocycles. The second kappa shape index (κ2) is 4.45. The fourth-order valence-electron chi connectivity index (χ4n) is 0.715. The van der Waals surface area contributed by atoms with E-state index in [4.69, 9.17) is 0 Å². The summed E-state index contributed by atoms with van der Waals surface area (Å²) >= 11 is 5.08. The maximum Gasteiger partial charge on any atom is 0.266 e. The molecule has 1 aromatic rings. The average Bonchev–Trinajstić information content (AvgIpc) is 2.03. The third kappa shape index (κ3) is 2.35. The molecule has 0 amide bonds. The first-order valence-electron chi connectivity index (χ1n) is 3.13. The minimum absolute atomic E-state index is 0.000278. The van der Waals surface area contributed by atoms with Gasteiger partial charge < -0.3 is 0 Å². The first kappa shape index (κ1) is 10.3. The molecule has 0 aliphatic rings. The Morgan fingerprint density at radius 1 is 1.58 bits per heavy atom. The topological polar surface area (TPSA) is 12.9 Å². The number of pyridine rings is 1. The molecule has 0 N–H and O–H groups in total. The Balaban J connectivity index is 3.03. The molecule has 0 atom stereocenters. The van der Waals surface area contributed by atoms with E-state index in [2.05, 4.69) is 20.9 Å². The van der Waals surface area contributed by atoms with Gasteiger partial charge in [0.25, 0.3) is 6.43 Å². The van der Waals surface area contributed by atoms with Crippen molar-refractivity contribution < 1.29 is 8.78 Å². The second-order valence-electron chi connectivity index (χ2n) is 2.13. The van der Waals surface area contributed by atoms with Crippen LogP contribution in [0.4, 0.5) is 8.78 Å². The summed E-state index contributed by atoms with van der Waals surface area (Å²) in [5.41, 5.74) is 0.768. The Bertz CT molecular complexity index is 280. The second-order valence-corrected chi connectivity index (χ2v) is 3.85. The van der Waals surface area contributed by atoms with Gasteiger partial charge in [0.05, 0.1) is 5.69 Å². The van der Waals surface area contributed by atoms with Crippen molar-refractivity contribution in [3.63, 3.8) is 0 Å². The Morgan fingerprint density at radius 3 is 2.67 bits per heavy atom. The molecule has 0 unspecified atom stereocenters. The summed E-state index contributed by atoms with van der Waals surface area (Å²) in [5, 5.41) is 0.590. The van der Waals surface area contributed by atoms with E-state index in [1.165, 1.54) is 6.20 Å². The van der Waals surface area contributed by atoms with Gasteiger partial charge in [-0.2, -0.15) is 0 Å². The van der Waals surface area contributed by atoms with Gasteiger partial charge >= 0.3 is 0 Å². The van der Waals surface area contributed by atoms with E-state index in [-0.39, 0.29) is 5.56 Å². The van der Waals surface area contributed by atoms with Gasteiger partial charge in [0.2, 0.25) is 0 Å². The molecule has 0 fully saturated rings. The van der Waals surface area contributed by atoms with Gasteiger partial charge in [-0.15, -0.1) is 0 Å². The van der Waals surface area contributed by atoms with Gasteiger partial charge in [-0.05, 0) is 28.7 Å². The summed E-state index contributed by atoms with van der Waals surface area (Å²) in [4.78, 5) is 3.85. The molecule has 0 spiro atoms. The van der Waals surface area contributed by atoms with Crippen LogP contribution in [0.25, 0.3) is 0 Å². The molecule has 0 aliphatic carbocycles. The van der Waals surface area contributed by atoms with E-state index < -0.39 is 6.43 Å². The fraction of sp³-hybridized carbons (Fsp3) is 0.286. The number of aromatic nitrogens is 1. The van der Waals surface area contributed by atoms with Gasteiger partial charge in [-0.3, -0.25) is 4.98 Å². The van der Waals surface area contributed by atoms with Crippen LogP contribution in [-0.2, 0) is 5.33 Å². The lowest BCUT2D eigenvalue weighted by molar-refractivity contribution is 0.150. The van der Waals surface area contributed by atoms with E-state index in [0.717, 1.165) is 5.69 Å². The van der Waals surface area contributed by atoms with Crippen LogP contribution in [0.15, 0.2) is 12.3 Å². The largest absolute Gasteiger partial charge is 0.266 e. The van der Waals surface area contributed by atoms with Gasteiger partial charge in [0.15, 0.2) is 0 Å². The normalized spacial score (nSPS) is 10.8. The SMILES string of the molecule is FC(F)c1cnc(CBr)cc1I. The zero-order valence-corrected chi connectivity index (χ0v) is 9.64. The minimum atomic E-state index is -2.44. The molecule has 1 aromatic heterocycles. The number of nitrogens with zero attached hydrogens (tertiary/aromatic N) is 1. The van der Waals surface area contributed by atoms with Crippen LogP contribution >= 0.6 is 38.5 Å². The molecule has 1 nitrogen and oxygen atoms in total. The van der Waals surface area contributed by atoms with E-state index in [1.807, 2.05) is 22.6 Å². The molecule has 66 valence electrons. The van der Waals surface area contributed by atoms with Crippen molar-refractivity contribution in [3.8, 4) is 0 Å². The minimum Gasteiger partial charge on any atom is -0.260 e. The molecule has 5 heteroatoms. The first-order chi connectivity index (χ1) is 5.65. The number of halogens is 4. The first-order valence-corrected chi connectivity index (χ1v) is 5.33. The number of alkyl halides is 3. The summed E-state index contributed by atoms with van der Waals surface area (Å²) in [6.45, 7) is 0. The molecule has 0 bridgehead atoms.